The van der Waals surface area contributed by atoms with Crippen molar-refractivity contribution < 1.29 is 14.6 Å². The minimum absolute atomic E-state index is 0.140. The molecular weight excluding hydrogens is 314 g/mol. The molecule has 128 valence electrons. The normalized spacial score (nSPS) is 12.4. The van der Waals surface area contributed by atoms with Crippen LogP contribution in [0.5, 0.6) is 0 Å². The second-order valence-corrected chi connectivity index (χ2v) is 6.81. The van der Waals surface area contributed by atoms with Crippen molar-refractivity contribution in [3.63, 3.8) is 0 Å². The highest BCUT2D eigenvalue weighted by Gasteiger charge is 2.22. The highest BCUT2D eigenvalue weighted by atomic mass is 16.3. The Morgan fingerprint density at radius 1 is 0.880 bits per heavy atom. The number of rotatable bonds is 5. The number of benzene rings is 3. The number of nitrogens with one attached hydrogen (secondary N) is 1. The highest BCUT2D eigenvalue weighted by molar-refractivity contribution is 6.15. The minimum Gasteiger partial charge on any atom is -0.459 e. The fourth-order valence-corrected chi connectivity index (χ4v) is 3.19. The van der Waals surface area contributed by atoms with E-state index in [1.165, 1.54) is 16.2 Å². The fraction of sp³-hybridized carbons (Fsp3) is 0.238. The lowest BCUT2D eigenvalue weighted by Gasteiger charge is -2.25. The van der Waals surface area contributed by atoms with Crippen LogP contribution in [0.1, 0.15) is 12.7 Å². The summed E-state index contributed by atoms with van der Waals surface area (Å²) in [5.74, 6) is 0.781. The van der Waals surface area contributed by atoms with Crippen molar-refractivity contribution in [2.24, 2.45) is 0 Å². The van der Waals surface area contributed by atoms with Crippen LogP contribution in [0.25, 0.3) is 32.5 Å². The molecule has 0 spiro atoms. The molecule has 0 bridgehead atoms. The molecule has 3 aromatic carbocycles. The van der Waals surface area contributed by atoms with E-state index in [0.717, 1.165) is 22.1 Å². The zero-order valence-corrected chi connectivity index (χ0v) is 14.1. The first-order valence-electron chi connectivity index (χ1n) is 8.43. The van der Waals surface area contributed by atoms with E-state index in [0.29, 0.717) is 6.54 Å². The smallest absolute Gasteiger partial charge is 0.142 e. The summed E-state index contributed by atoms with van der Waals surface area (Å²) in [5, 5.41) is 27.7. The van der Waals surface area contributed by atoms with Gasteiger partial charge in [-0.25, -0.2) is 0 Å². The number of fused-ring (bicyclic) bond motifs is 5. The molecule has 1 heterocycles. The van der Waals surface area contributed by atoms with Gasteiger partial charge in [-0.05, 0) is 35.2 Å². The summed E-state index contributed by atoms with van der Waals surface area (Å²) in [6.07, 6.45) is 0. The van der Waals surface area contributed by atoms with Crippen LogP contribution in [0.3, 0.4) is 0 Å². The summed E-state index contributed by atoms with van der Waals surface area (Å²) in [7, 11) is 0. The Kier molecular flexibility index (Phi) is 3.96. The van der Waals surface area contributed by atoms with Gasteiger partial charge in [0.1, 0.15) is 11.3 Å². The van der Waals surface area contributed by atoms with Crippen molar-refractivity contribution in [1.29, 1.82) is 0 Å². The van der Waals surface area contributed by atoms with E-state index in [2.05, 4.69) is 41.7 Å². The van der Waals surface area contributed by atoms with Crippen LogP contribution in [-0.2, 0) is 6.54 Å². The standard InChI is InChI=1S/C21H21NO3/c1-21(12-23,13-24)22-11-16-10-15-7-8-18-17-5-3-2-4-14(17)6-9-19(18)20(15)25-16/h2-10,22-24H,11-13H2,1H3. The largest absolute Gasteiger partial charge is 0.459 e. The second kappa shape index (κ2) is 6.15. The molecular formula is C21H21NO3. The summed E-state index contributed by atoms with van der Waals surface area (Å²) in [6, 6.07) is 18.8. The lowest BCUT2D eigenvalue weighted by molar-refractivity contribution is 0.101. The number of hydrogen-bond acceptors (Lipinski definition) is 4. The van der Waals surface area contributed by atoms with Gasteiger partial charge in [0.25, 0.3) is 0 Å². The van der Waals surface area contributed by atoms with Gasteiger partial charge in [0.2, 0.25) is 0 Å². The number of hydrogen-bond donors (Lipinski definition) is 3. The fourth-order valence-electron chi connectivity index (χ4n) is 3.19. The molecule has 0 radical (unpaired) electrons. The van der Waals surface area contributed by atoms with Crippen molar-refractivity contribution in [3.05, 3.63) is 60.4 Å². The average Bonchev–Trinajstić information content (AvgIpc) is 3.09. The van der Waals surface area contributed by atoms with Gasteiger partial charge >= 0.3 is 0 Å². The van der Waals surface area contributed by atoms with E-state index in [1.54, 1.807) is 6.92 Å². The zero-order chi connectivity index (χ0) is 17.4. The number of aliphatic hydroxyl groups is 2. The third-order valence-electron chi connectivity index (χ3n) is 4.84. The van der Waals surface area contributed by atoms with Gasteiger partial charge in [0.05, 0.1) is 25.3 Å². The van der Waals surface area contributed by atoms with Crippen molar-refractivity contribution >= 4 is 32.5 Å². The summed E-state index contributed by atoms with van der Waals surface area (Å²) in [4.78, 5) is 0. The molecule has 0 saturated heterocycles. The monoisotopic (exact) mass is 335 g/mol. The molecule has 0 aliphatic heterocycles. The van der Waals surface area contributed by atoms with Crippen LogP contribution in [0.15, 0.2) is 59.0 Å². The van der Waals surface area contributed by atoms with Gasteiger partial charge in [-0.1, -0.05) is 42.5 Å². The quantitative estimate of drug-likeness (QED) is 0.488. The molecule has 1 aromatic heterocycles. The maximum Gasteiger partial charge on any atom is 0.142 e. The first-order valence-corrected chi connectivity index (χ1v) is 8.43. The van der Waals surface area contributed by atoms with Gasteiger partial charge < -0.3 is 19.9 Å². The van der Waals surface area contributed by atoms with Crippen molar-refractivity contribution in [2.75, 3.05) is 13.2 Å². The molecule has 4 nitrogen and oxygen atoms in total. The molecule has 4 heteroatoms. The first kappa shape index (κ1) is 16.1. The zero-order valence-electron chi connectivity index (χ0n) is 14.1. The van der Waals surface area contributed by atoms with Crippen LogP contribution in [0, 0.1) is 0 Å². The molecule has 0 aliphatic carbocycles. The van der Waals surface area contributed by atoms with Gasteiger partial charge in [0.15, 0.2) is 0 Å². The van der Waals surface area contributed by atoms with Gasteiger partial charge in [-0.3, -0.25) is 0 Å². The van der Waals surface area contributed by atoms with Gasteiger partial charge in [-0.2, -0.15) is 0 Å². The van der Waals surface area contributed by atoms with Crippen molar-refractivity contribution in [2.45, 2.75) is 19.0 Å². The predicted molar refractivity (Wildman–Crippen MR) is 101 cm³/mol. The Morgan fingerprint density at radius 3 is 2.40 bits per heavy atom. The maximum atomic E-state index is 9.39. The Hall–Kier alpha value is -2.40. The van der Waals surface area contributed by atoms with Gasteiger partial charge in [-0.15, -0.1) is 0 Å². The first-order chi connectivity index (χ1) is 12.1. The molecule has 25 heavy (non-hydrogen) atoms. The van der Waals surface area contributed by atoms with Crippen LogP contribution in [0.4, 0.5) is 0 Å². The van der Waals surface area contributed by atoms with Crippen LogP contribution in [-0.4, -0.2) is 29.0 Å². The average molecular weight is 335 g/mol. The third kappa shape index (κ3) is 2.78. The summed E-state index contributed by atoms with van der Waals surface area (Å²) < 4.78 is 6.09. The van der Waals surface area contributed by atoms with Crippen LogP contribution >= 0.6 is 0 Å². The van der Waals surface area contributed by atoms with E-state index >= 15 is 0 Å². The summed E-state index contributed by atoms with van der Waals surface area (Å²) in [5.41, 5.74) is 0.145. The summed E-state index contributed by atoms with van der Waals surface area (Å²) >= 11 is 0. The number of aliphatic hydroxyl groups excluding tert-OH is 2. The molecule has 4 rings (SSSR count). The van der Waals surface area contributed by atoms with E-state index in [1.807, 2.05) is 18.2 Å². The Bertz CT molecular complexity index is 1050. The lowest BCUT2D eigenvalue weighted by atomic mass is 10.0. The topological polar surface area (TPSA) is 65.6 Å². The van der Waals surface area contributed by atoms with Crippen molar-refractivity contribution in [1.82, 2.24) is 5.32 Å². The van der Waals surface area contributed by atoms with Crippen LogP contribution in [0.2, 0.25) is 0 Å². The second-order valence-electron chi connectivity index (χ2n) is 6.81. The van der Waals surface area contributed by atoms with Crippen LogP contribution < -0.4 is 5.32 Å². The third-order valence-corrected chi connectivity index (χ3v) is 4.84. The SMILES string of the molecule is CC(CO)(CO)NCc1cc2ccc3c4ccccc4ccc3c2o1. The molecule has 0 fully saturated rings. The molecule has 0 atom stereocenters. The number of furan rings is 1. The van der Waals surface area contributed by atoms with E-state index in [4.69, 9.17) is 4.42 Å². The highest BCUT2D eigenvalue weighted by Crippen LogP contribution is 2.32. The van der Waals surface area contributed by atoms with E-state index in [-0.39, 0.29) is 13.2 Å². The molecule has 0 amide bonds. The Morgan fingerprint density at radius 2 is 1.60 bits per heavy atom. The maximum absolute atomic E-state index is 9.39. The lowest BCUT2D eigenvalue weighted by Crippen LogP contribution is -2.48. The Balaban J connectivity index is 1.78. The predicted octanol–water partition coefficient (Wildman–Crippen LogP) is 3.57. The minimum atomic E-state index is -0.725. The van der Waals surface area contributed by atoms with E-state index in [9.17, 15) is 10.2 Å². The summed E-state index contributed by atoms with van der Waals surface area (Å²) in [6.45, 7) is 1.94. The molecule has 0 aliphatic rings. The Labute approximate surface area is 145 Å². The van der Waals surface area contributed by atoms with Gasteiger partial charge in [0, 0.05) is 10.8 Å². The molecule has 4 aromatic rings. The molecule has 0 unspecified atom stereocenters. The van der Waals surface area contributed by atoms with E-state index < -0.39 is 5.54 Å². The van der Waals surface area contributed by atoms with Crippen molar-refractivity contribution in [3.8, 4) is 0 Å². The molecule has 0 saturated carbocycles. The molecule has 3 N–H and O–H groups in total.